The first kappa shape index (κ1) is 13.2. The van der Waals surface area contributed by atoms with E-state index in [9.17, 15) is 4.79 Å². The highest BCUT2D eigenvalue weighted by Gasteiger charge is 2.15. The minimum Gasteiger partial charge on any atom is -0.478 e. The van der Waals surface area contributed by atoms with Gasteiger partial charge in [-0.25, -0.2) is 4.79 Å². The van der Waals surface area contributed by atoms with Gasteiger partial charge in [0.1, 0.15) is 0 Å². The fourth-order valence-electron chi connectivity index (χ4n) is 1.74. The third-order valence-electron chi connectivity index (χ3n) is 2.90. The van der Waals surface area contributed by atoms with E-state index >= 15 is 0 Å². The molecule has 2 rings (SSSR count). The summed E-state index contributed by atoms with van der Waals surface area (Å²) < 4.78 is 0. The number of carbonyl (C=O) groups is 1. The molecule has 4 nitrogen and oxygen atoms in total. The number of carboxylic acid groups (broad SMARTS) is 1. The van der Waals surface area contributed by atoms with Crippen LogP contribution in [0.15, 0.2) is 36.7 Å². The van der Waals surface area contributed by atoms with Gasteiger partial charge in [0, 0.05) is 12.4 Å². The molecule has 2 aromatic heterocycles. The zero-order valence-corrected chi connectivity index (χ0v) is 11.2. The first-order valence-corrected chi connectivity index (χ1v) is 6.04. The second-order valence-electron chi connectivity index (χ2n) is 5.41. The molecule has 98 valence electrons. The lowest BCUT2D eigenvalue weighted by Gasteiger charge is -2.19. The number of aromatic nitrogens is 2. The Morgan fingerprint density at radius 3 is 2.21 bits per heavy atom. The van der Waals surface area contributed by atoms with Gasteiger partial charge in [-0.1, -0.05) is 20.8 Å². The van der Waals surface area contributed by atoms with Crippen molar-refractivity contribution in [2.24, 2.45) is 0 Å². The molecule has 0 saturated carbocycles. The van der Waals surface area contributed by atoms with E-state index in [0.717, 1.165) is 5.56 Å². The third kappa shape index (κ3) is 2.96. The van der Waals surface area contributed by atoms with Crippen molar-refractivity contribution < 1.29 is 9.90 Å². The van der Waals surface area contributed by atoms with Crippen molar-refractivity contribution in [1.82, 2.24) is 9.97 Å². The Morgan fingerprint density at radius 1 is 1.05 bits per heavy atom. The van der Waals surface area contributed by atoms with Crippen LogP contribution < -0.4 is 0 Å². The Hall–Kier alpha value is -2.23. The summed E-state index contributed by atoms with van der Waals surface area (Å²) in [5.74, 6) is -0.962. The lowest BCUT2D eigenvalue weighted by Crippen LogP contribution is -2.11. The summed E-state index contributed by atoms with van der Waals surface area (Å²) in [6, 6.07) is 6.93. The Bertz CT molecular complexity index is 616. The van der Waals surface area contributed by atoms with Crippen LogP contribution in [0, 0.1) is 0 Å². The van der Waals surface area contributed by atoms with E-state index in [1.54, 1.807) is 6.20 Å². The number of rotatable bonds is 2. The fraction of sp³-hybridized carbons (Fsp3) is 0.267. The zero-order chi connectivity index (χ0) is 14.0. The quantitative estimate of drug-likeness (QED) is 0.896. The summed E-state index contributed by atoms with van der Waals surface area (Å²) >= 11 is 0. The van der Waals surface area contributed by atoms with Crippen LogP contribution in [-0.4, -0.2) is 21.0 Å². The van der Waals surface area contributed by atoms with Crippen LogP contribution in [0.4, 0.5) is 0 Å². The van der Waals surface area contributed by atoms with Crippen LogP contribution in [0.2, 0.25) is 0 Å². The van der Waals surface area contributed by atoms with Crippen molar-refractivity contribution in [3.8, 4) is 11.4 Å². The zero-order valence-electron chi connectivity index (χ0n) is 11.2. The maximum absolute atomic E-state index is 11.0. The number of aromatic carboxylic acids is 1. The van der Waals surface area contributed by atoms with E-state index in [1.807, 2.05) is 12.1 Å². The number of carboxylic acids is 1. The van der Waals surface area contributed by atoms with Crippen LogP contribution in [0.5, 0.6) is 0 Å². The summed E-state index contributed by atoms with van der Waals surface area (Å²) in [4.78, 5) is 19.4. The van der Waals surface area contributed by atoms with Gasteiger partial charge in [0.05, 0.1) is 17.0 Å². The normalized spacial score (nSPS) is 11.3. The lowest BCUT2D eigenvalue weighted by molar-refractivity contribution is 0.0697. The van der Waals surface area contributed by atoms with E-state index in [-0.39, 0.29) is 11.0 Å². The van der Waals surface area contributed by atoms with Gasteiger partial charge in [-0.3, -0.25) is 9.97 Å². The molecule has 0 radical (unpaired) electrons. The lowest BCUT2D eigenvalue weighted by atomic mass is 9.87. The molecular formula is C15H16N2O2. The summed E-state index contributed by atoms with van der Waals surface area (Å²) in [6.45, 7) is 6.35. The molecule has 19 heavy (non-hydrogen) atoms. The number of nitrogens with zero attached hydrogens (tertiary/aromatic N) is 2. The Labute approximate surface area is 112 Å². The maximum Gasteiger partial charge on any atom is 0.335 e. The first-order valence-electron chi connectivity index (χ1n) is 6.04. The second kappa shape index (κ2) is 4.80. The Kier molecular flexibility index (Phi) is 3.34. The van der Waals surface area contributed by atoms with Crippen LogP contribution in [0.25, 0.3) is 11.4 Å². The molecule has 0 aliphatic heterocycles. The average Bonchev–Trinajstić information content (AvgIpc) is 2.38. The Balaban J connectivity index is 2.48. The number of hydrogen-bond acceptors (Lipinski definition) is 3. The van der Waals surface area contributed by atoms with E-state index in [0.29, 0.717) is 11.4 Å². The van der Waals surface area contributed by atoms with Crippen LogP contribution in [0.3, 0.4) is 0 Å². The smallest absolute Gasteiger partial charge is 0.335 e. The fourth-order valence-corrected chi connectivity index (χ4v) is 1.74. The summed E-state index contributed by atoms with van der Waals surface area (Å²) in [5, 5.41) is 8.99. The predicted molar refractivity (Wildman–Crippen MR) is 73.1 cm³/mol. The van der Waals surface area contributed by atoms with Gasteiger partial charge in [-0.2, -0.15) is 0 Å². The molecule has 0 amide bonds. The molecule has 4 heteroatoms. The molecule has 0 unspecified atom stereocenters. The summed E-state index contributed by atoms with van der Waals surface area (Å²) in [7, 11) is 0. The summed E-state index contributed by atoms with van der Waals surface area (Å²) in [6.07, 6.45) is 3.22. The molecular weight excluding hydrogens is 240 g/mol. The third-order valence-corrected chi connectivity index (χ3v) is 2.90. The van der Waals surface area contributed by atoms with Crippen LogP contribution in [-0.2, 0) is 5.41 Å². The predicted octanol–water partition coefficient (Wildman–Crippen LogP) is 3.14. The van der Waals surface area contributed by atoms with Crippen molar-refractivity contribution in [3.63, 3.8) is 0 Å². The van der Waals surface area contributed by atoms with Gasteiger partial charge in [-0.15, -0.1) is 0 Å². The first-order chi connectivity index (χ1) is 8.88. The maximum atomic E-state index is 11.0. The van der Waals surface area contributed by atoms with Crippen molar-refractivity contribution in [3.05, 3.63) is 47.8 Å². The van der Waals surface area contributed by atoms with Gasteiger partial charge >= 0.3 is 5.97 Å². The number of pyridine rings is 2. The van der Waals surface area contributed by atoms with E-state index in [1.165, 1.54) is 18.3 Å². The van der Waals surface area contributed by atoms with Crippen molar-refractivity contribution in [2.75, 3.05) is 0 Å². The van der Waals surface area contributed by atoms with Gasteiger partial charge < -0.3 is 5.11 Å². The molecule has 1 N–H and O–H groups in total. The highest BCUT2D eigenvalue weighted by atomic mass is 16.4. The van der Waals surface area contributed by atoms with Crippen molar-refractivity contribution in [2.45, 2.75) is 26.2 Å². The molecule has 0 aliphatic carbocycles. The van der Waals surface area contributed by atoms with Crippen molar-refractivity contribution >= 4 is 5.97 Å². The minimum absolute atomic E-state index is 0.0160. The molecule has 0 aliphatic rings. The van der Waals surface area contributed by atoms with Gasteiger partial charge in [0.25, 0.3) is 0 Å². The molecule has 0 fully saturated rings. The Morgan fingerprint density at radius 2 is 1.63 bits per heavy atom. The van der Waals surface area contributed by atoms with E-state index in [4.69, 9.17) is 5.11 Å². The monoisotopic (exact) mass is 256 g/mol. The van der Waals surface area contributed by atoms with Crippen molar-refractivity contribution in [1.29, 1.82) is 0 Å². The molecule has 2 heterocycles. The van der Waals surface area contributed by atoms with Gasteiger partial charge in [-0.05, 0) is 35.2 Å². The van der Waals surface area contributed by atoms with E-state index < -0.39 is 5.97 Å². The van der Waals surface area contributed by atoms with E-state index in [2.05, 4.69) is 30.7 Å². The van der Waals surface area contributed by atoms with Gasteiger partial charge in [0.2, 0.25) is 0 Å². The van der Waals surface area contributed by atoms with Crippen LogP contribution >= 0.6 is 0 Å². The minimum atomic E-state index is -0.962. The van der Waals surface area contributed by atoms with Gasteiger partial charge in [0.15, 0.2) is 0 Å². The number of hydrogen-bond donors (Lipinski definition) is 1. The molecule has 0 spiro atoms. The highest BCUT2D eigenvalue weighted by Crippen LogP contribution is 2.25. The second-order valence-corrected chi connectivity index (χ2v) is 5.41. The highest BCUT2D eigenvalue weighted by molar-refractivity contribution is 5.88. The summed E-state index contributed by atoms with van der Waals surface area (Å²) in [5.41, 5.74) is 2.64. The molecule has 0 atom stereocenters. The molecule has 2 aromatic rings. The SMILES string of the molecule is CC(C)(C)c1ccnc(-c2cc(C(=O)O)ccn2)c1. The molecule has 0 bridgehead atoms. The topological polar surface area (TPSA) is 63.1 Å². The molecule has 0 saturated heterocycles. The average molecular weight is 256 g/mol. The standard InChI is InChI=1S/C15H16N2O2/c1-15(2,3)11-5-7-17-13(9-11)12-8-10(14(18)19)4-6-16-12/h4-9H,1-3H3,(H,18,19). The molecule has 0 aromatic carbocycles. The van der Waals surface area contributed by atoms with Crippen LogP contribution in [0.1, 0.15) is 36.7 Å². The largest absolute Gasteiger partial charge is 0.478 e.